The molecular weight excluding hydrogens is 196 g/mol. The van der Waals surface area contributed by atoms with Crippen LogP contribution in [0.4, 0.5) is 0 Å². The molecule has 0 fully saturated rings. The van der Waals surface area contributed by atoms with Gasteiger partial charge in [-0.2, -0.15) is 0 Å². The maximum absolute atomic E-state index is 6.04. The van der Waals surface area contributed by atoms with E-state index in [2.05, 4.69) is 33.0 Å². The zero-order chi connectivity index (χ0) is 12.4. The van der Waals surface area contributed by atoms with E-state index in [1.54, 1.807) is 0 Å². The van der Waals surface area contributed by atoms with Crippen molar-refractivity contribution in [3.8, 4) is 0 Å². The SMILES string of the molecule is CCCCC(CC)CNCC(N)CC(C)C. The summed E-state index contributed by atoms with van der Waals surface area (Å²) in [5, 5.41) is 3.53. The van der Waals surface area contributed by atoms with Gasteiger partial charge in [0.2, 0.25) is 0 Å². The van der Waals surface area contributed by atoms with Crippen molar-refractivity contribution >= 4 is 0 Å². The summed E-state index contributed by atoms with van der Waals surface area (Å²) in [4.78, 5) is 0. The lowest BCUT2D eigenvalue weighted by Crippen LogP contribution is -2.37. The summed E-state index contributed by atoms with van der Waals surface area (Å²) in [5.74, 6) is 1.55. The predicted octanol–water partition coefficient (Wildman–Crippen LogP) is 3.17. The molecule has 0 aromatic carbocycles. The van der Waals surface area contributed by atoms with E-state index in [0.29, 0.717) is 12.0 Å². The van der Waals surface area contributed by atoms with Gasteiger partial charge < -0.3 is 11.1 Å². The summed E-state index contributed by atoms with van der Waals surface area (Å²) in [6.45, 7) is 11.1. The van der Waals surface area contributed by atoms with Gasteiger partial charge in [0, 0.05) is 12.6 Å². The zero-order valence-corrected chi connectivity index (χ0v) is 11.8. The second-order valence-corrected chi connectivity index (χ2v) is 5.46. The summed E-state index contributed by atoms with van der Waals surface area (Å²) in [6.07, 6.45) is 6.44. The van der Waals surface area contributed by atoms with Crippen molar-refractivity contribution in [2.45, 2.75) is 65.8 Å². The van der Waals surface area contributed by atoms with Crippen LogP contribution in [-0.4, -0.2) is 19.1 Å². The van der Waals surface area contributed by atoms with Gasteiger partial charge in [-0.25, -0.2) is 0 Å². The molecule has 0 aromatic rings. The highest BCUT2D eigenvalue weighted by Crippen LogP contribution is 2.11. The lowest BCUT2D eigenvalue weighted by Gasteiger charge is -2.18. The number of unbranched alkanes of at least 4 members (excludes halogenated alkanes) is 1. The second-order valence-electron chi connectivity index (χ2n) is 5.46. The van der Waals surface area contributed by atoms with Gasteiger partial charge in [0.15, 0.2) is 0 Å². The van der Waals surface area contributed by atoms with Crippen molar-refractivity contribution in [1.29, 1.82) is 0 Å². The molecule has 0 bridgehead atoms. The molecule has 0 rings (SSSR count). The average Bonchev–Trinajstić information content (AvgIpc) is 2.22. The first-order valence-corrected chi connectivity index (χ1v) is 7.06. The van der Waals surface area contributed by atoms with Crippen molar-refractivity contribution in [1.82, 2.24) is 5.32 Å². The van der Waals surface area contributed by atoms with E-state index in [4.69, 9.17) is 5.73 Å². The molecular formula is C14H32N2. The molecule has 0 amide bonds. The van der Waals surface area contributed by atoms with Crippen molar-refractivity contribution in [2.75, 3.05) is 13.1 Å². The monoisotopic (exact) mass is 228 g/mol. The van der Waals surface area contributed by atoms with Gasteiger partial charge in [-0.05, 0) is 31.2 Å². The lowest BCUT2D eigenvalue weighted by molar-refractivity contribution is 0.397. The number of nitrogens with one attached hydrogen (secondary N) is 1. The van der Waals surface area contributed by atoms with Gasteiger partial charge in [-0.3, -0.25) is 0 Å². The molecule has 0 saturated heterocycles. The smallest absolute Gasteiger partial charge is 0.0167 e. The maximum Gasteiger partial charge on any atom is 0.0167 e. The highest BCUT2D eigenvalue weighted by molar-refractivity contribution is 4.68. The Bertz CT molecular complexity index is 146. The third-order valence-electron chi connectivity index (χ3n) is 3.16. The Hall–Kier alpha value is -0.0800. The topological polar surface area (TPSA) is 38.0 Å². The summed E-state index contributed by atoms with van der Waals surface area (Å²) < 4.78 is 0. The van der Waals surface area contributed by atoms with Crippen LogP contribution >= 0.6 is 0 Å². The molecule has 0 aliphatic heterocycles. The van der Waals surface area contributed by atoms with Crippen molar-refractivity contribution in [2.24, 2.45) is 17.6 Å². The fourth-order valence-corrected chi connectivity index (χ4v) is 2.11. The van der Waals surface area contributed by atoms with Gasteiger partial charge in [0.05, 0.1) is 0 Å². The van der Waals surface area contributed by atoms with Crippen LogP contribution in [0.25, 0.3) is 0 Å². The van der Waals surface area contributed by atoms with Crippen LogP contribution in [0.5, 0.6) is 0 Å². The van der Waals surface area contributed by atoms with Crippen LogP contribution in [0.1, 0.15) is 59.8 Å². The fourth-order valence-electron chi connectivity index (χ4n) is 2.11. The van der Waals surface area contributed by atoms with Gasteiger partial charge in [0.25, 0.3) is 0 Å². The van der Waals surface area contributed by atoms with E-state index in [1.165, 1.54) is 25.7 Å². The van der Waals surface area contributed by atoms with Crippen LogP contribution in [0.2, 0.25) is 0 Å². The number of nitrogens with two attached hydrogens (primary N) is 1. The van der Waals surface area contributed by atoms with Gasteiger partial charge >= 0.3 is 0 Å². The Morgan fingerprint density at radius 3 is 2.31 bits per heavy atom. The van der Waals surface area contributed by atoms with Crippen molar-refractivity contribution in [3.05, 3.63) is 0 Å². The third-order valence-corrected chi connectivity index (χ3v) is 3.16. The molecule has 2 heteroatoms. The molecule has 2 unspecified atom stereocenters. The second kappa shape index (κ2) is 10.1. The van der Waals surface area contributed by atoms with Gasteiger partial charge in [-0.1, -0.05) is 47.0 Å². The minimum Gasteiger partial charge on any atom is -0.327 e. The number of hydrogen-bond donors (Lipinski definition) is 2. The molecule has 0 radical (unpaired) electrons. The van der Waals surface area contributed by atoms with Crippen LogP contribution in [0, 0.1) is 11.8 Å². The van der Waals surface area contributed by atoms with E-state index in [1.807, 2.05) is 0 Å². The molecule has 2 nitrogen and oxygen atoms in total. The average molecular weight is 228 g/mol. The largest absolute Gasteiger partial charge is 0.327 e. The summed E-state index contributed by atoms with van der Waals surface area (Å²) >= 11 is 0. The molecule has 0 aliphatic rings. The van der Waals surface area contributed by atoms with E-state index in [-0.39, 0.29) is 0 Å². The summed E-state index contributed by atoms with van der Waals surface area (Å²) in [7, 11) is 0. The lowest BCUT2D eigenvalue weighted by atomic mass is 9.99. The van der Waals surface area contributed by atoms with E-state index >= 15 is 0 Å². The standard InChI is InChI=1S/C14H32N2/c1-5-7-8-13(6-2)10-16-11-14(15)9-12(3)4/h12-14,16H,5-11,15H2,1-4H3. The quantitative estimate of drug-likeness (QED) is 0.603. The molecule has 0 saturated carbocycles. The minimum absolute atomic E-state index is 0.323. The number of rotatable bonds is 10. The normalized spacial score (nSPS) is 15.4. The Balaban J connectivity index is 3.53. The van der Waals surface area contributed by atoms with Crippen LogP contribution in [-0.2, 0) is 0 Å². The van der Waals surface area contributed by atoms with Crippen LogP contribution in [0.3, 0.4) is 0 Å². The third kappa shape index (κ3) is 9.17. The van der Waals surface area contributed by atoms with E-state index in [9.17, 15) is 0 Å². The molecule has 3 N–H and O–H groups in total. The van der Waals surface area contributed by atoms with Crippen LogP contribution in [0.15, 0.2) is 0 Å². The van der Waals surface area contributed by atoms with Crippen molar-refractivity contribution in [3.63, 3.8) is 0 Å². The Morgan fingerprint density at radius 2 is 1.81 bits per heavy atom. The highest BCUT2D eigenvalue weighted by atomic mass is 14.9. The first-order chi connectivity index (χ1) is 7.60. The van der Waals surface area contributed by atoms with Crippen molar-refractivity contribution < 1.29 is 0 Å². The first kappa shape index (κ1) is 15.9. The van der Waals surface area contributed by atoms with Gasteiger partial charge in [-0.15, -0.1) is 0 Å². The summed E-state index contributed by atoms with van der Waals surface area (Å²) in [5.41, 5.74) is 6.04. The Morgan fingerprint density at radius 1 is 1.12 bits per heavy atom. The Kier molecular flexibility index (Phi) is 10.0. The molecule has 0 heterocycles. The molecule has 0 aromatic heterocycles. The van der Waals surface area contributed by atoms with Gasteiger partial charge in [0.1, 0.15) is 0 Å². The zero-order valence-electron chi connectivity index (χ0n) is 11.8. The summed E-state index contributed by atoms with van der Waals surface area (Å²) in [6, 6.07) is 0.323. The molecule has 98 valence electrons. The predicted molar refractivity (Wildman–Crippen MR) is 73.6 cm³/mol. The molecule has 0 aliphatic carbocycles. The highest BCUT2D eigenvalue weighted by Gasteiger charge is 2.08. The van der Waals surface area contributed by atoms with E-state index in [0.717, 1.165) is 25.4 Å². The van der Waals surface area contributed by atoms with E-state index < -0.39 is 0 Å². The molecule has 2 atom stereocenters. The molecule has 16 heavy (non-hydrogen) atoms. The fraction of sp³-hybridized carbons (Fsp3) is 1.00. The number of hydrogen-bond acceptors (Lipinski definition) is 2. The maximum atomic E-state index is 6.04. The minimum atomic E-state index is 0.323. The first-order valence-electron chi connectivity index (χ1n) is 7.06. The molecule has 0 spiro atoms. The van der Waals surface area contributed by atoms with Crippen LogP contribution < -0.4 is 11.1 Å². The Labute approximate surface area is 102 Å².